The Hall–Kier alpha value is -2.41. The van der Waals surface area contributed by atoms with E-state index in [2.05, 4.69) is 6.07 Å². The number of ether oxygens (including phenoxy) is 1. The van der Waals surface area contributed by atoms with Crippen LogP contribution >= 0.6 is 0 Å². The van der Waals surface area contributed by atoms with Gasteiger partial charge in [-0.05, 0) is 56.5 Å². The van der Waals surface area contributed by atoms with Crippen LogP contribution in [-0.2, 0) is 0 Å². The first-order chi connectivity index (χ1) is 9.49. The molecule has 0 fully saturated rings. The van der Waals surface area contributed by atoms with Crippen LogP contribution in [0.2, 0.25) is 0 Å². The second kappa shape index (κ2) is 5.30. The maximum Gasteiger partial charge on any atom is 0.209 e. The molecule has 1 aromatic heterocycles. The van der Waals surface area contributed by atoms with Crippen LogP contribution < -0.4 is 10.5 Å². The van der Waals surface area contributed by atoms with E-state index in [1.807, 2.05) is 39.8 Å². The third-order valence-corrected chi connectivity index (χ3v) is 3.31. The third-order valence-electron chi connectivity index (χ3n) is 3.31. The highest BCUT2D eigenvalue weighted by Crippen LogP contribution is 2.37. The number of nitrogens with two attached hydrogens (primary N) is 1. The summed E-state index contributed by atoms with van der Waals surface area (Å²) >= 11 is 0. The van der Waals surface area contributed by atoms with E-state index in [0.717, 1.165) is 28.0 Å². The number of nitrogens with zero attached hydrogens (tertiary/aromatic N) is 1. The highest BCUT2D eigenvalue weighted by molar-refractivity contribution is 5.80. The highest BCUT2D eigenvalue weighted by atomic mass is 16.5. The number of hydrogen-bond donors (Lipinski definition) is 1. The van der Waals surface area contributed by atoms with Crippen molar-refractivity contribution < 1.29 is 9.15 Å². The van der Waals surface area contributed by atoms with E-state index in [0.29, 0.717) is 17.9 Å². The highest BCUT2D eigenvalue weighted by Gasteiger charge is 2.19. The fourth-order valence-corrected chi connectivity index (χ4v) is 2.37. The Labute approximate surface area is 118 Å². The zero-order valence-electron chi connectivity index (χ0n) is 12.2. The lowest BCUT2D eigenvalue weighted by molar-refractivity contribution is 0.337. The van der Waals surface area contributed by atoms with Crippen LogP contribution in [-0.4, -0.2) is 6.61 Å². The molecule has 1 heterocycles. The Balaban J connectivity index is 2.66. The predicted octanol–water partition coefficient (Wildman–Crippen LogP) is 3.72. The van der Waals surface area contributed by atoms with Gasteiger partial charge in [0.15, 0.2) is 0 Å². The average molecular weight is 270 g/mol. The Bertz CT molecular complexity index is 693. The normalized spacial score (nSPS) is 10.3. The van der Waals surface area contributed by atoms with Gasteiger partial charge in [0.2, 0.25) is 5.88 Å². The minimum Gasteiger partial charge on any atom is -0.494 e. The van der Waals surface area contributed by atoms with Crippen molar-refractivity contribution in [3.63, 3.8) is 0 Å². The van der Waals surface area contributed by atoms with E-state index in [-0.39, 0.29) is 5.88 Å². The lowest BCUT2D eigenvalue weighted by Gasteiger charge is -2.12. The van der Waals surface area contributed by atoms with Crippen LogP contribution in [0.25, 0.3) is 11.1 Å². The van der Waals surface area contributed by atoms with E-state index >= 15 is 0 Å². The van der Waals surface area contributed by atoms with Gasteiger partial charge in [-0.15, -0.1) is 0 Å². The number of benzene rings is 1. The molecule has 1 aromatic carbocycles. The number of anilines is 1. The molecule has 0 aliphatic rings. The first-order valence-electron chi connectivity index (χ1n) is 6.53. The fraction of sp³-hybridized carbons (Fsp3) is 0.312. The molecule has 0 aliphatic heterocycles. The van der Waals surface area contributed by atoms with Gasteiger partial charge < -0.3 is 14.9 Å². The Morgan fingerprint density at radius 1 is 1.25 bits per heavy atom. The van der Waals surface area contributed by atoms with Crippen molar-refractivity contribution in [3.8, 4) is 22.9 Å². The van der Waals surface area contributed by atoms with Gasteiger partial charge in [-0.25, -0.2) is 0 Å². The monoisotopic (exact) mass is 270 g/mol. The topological polar surface area (TPSA) is 72.2 Å². The second-order valence-corrected chi connectivity index (χ2v) is 4.75. The molecule has 0 saturated heterocycles. The number of aryl methyl sites for hydroxylation is 3. The molecule has 2 rings (SSSR count). The molecule has 4 heteroatoms. The minimum atomic E-state index is 0.172. The van der Waals surface area contributed by atoms with E-state index in [9.17, 15) is 5.26 Å². The standard InChI is InChI=1S/C16H18N2O2/c1-5-19-14-7-9(2)12(6-10(14)3)15-11(4)20-16(18)13(15)8-17/h6-7H,5,18H2,1-4H3. The van der Waals surface area contributed by atoms with Gasteiger partial charge in [0.25, 0.3) is 0 Å². The Morgan fingerprint density at radius 2 is 1.95 bits per heavy atom. The van der Waals surface area contributed by atoms with Crippen LogP contribution in [0.4, 0.5) is 5.88 Å². The minimum absolute atomic E-state index is 0.172. The summed E-state index contributed by atoms with van der Waals surface area (Å²) in [6.07, 6.45) is 0. The van der Waals surface area contributed by atoms with Crippen molar-refractivity contribution >= 4 is 5.88 Å². The molecule has 4 nitrogen and oxygen atoms in total. The van der Waals surface area contributed by atoms with Crippen LogP contribution in [0.5, 0.6) is 5.75 Å². The number of nitrogen functional groups attached to an aromatic ring is 1. The molecule has 0 saturated carbocycles. The largest absolute Gasteiger partial charge is 0.494 e. The molecular formula is C16H18N2O2. The zero-order chi connectivity index (χ0) is 14.9. The lowest BCUT2D eigenvalue weighted by atomic mass is 9.95. The van der Waals surface area contributed by atoms with Gasteiger partial charge in [-0.2, -0.15) is 5.26 Å². The average Bonchev–Trinajstić information content (AvgIpc) is 2.68. The van der Waals surface area contributed by atoms with Gasteiger partial charge in [-0.3, -0.25) is 0 Å². The smallest absolute Gasteiger partial charge is 0.209 e. The summed E-state index contributed by atoms with van der Waals surface area (Å²) in [5.74, 6) is 1.69. The molecule has 0 unspecified atom stereocenters. The Morgan fingerprint density at radius 3 is 2.55 bits per heavy atom. The van der Waals surface area contributed by atoms with Crippen LogP contribution in [0, 0.1) is 32.1 Å². The van der Waals surface area contributed by atoms with Gasteiger partial charge in [0.05, 0.1) is 6.61 Å². The quantitative estimate of drug-likeness (QED) is 0.922. The van der Waals surface area contributed by atoms with E-state index in [1.54, 1.807) is 0 Å². The number of furan rings is 1. The maximum absolute atomic E-state index is 9.26. The molecule has 0 aliphatic carbocycles. The molecule has 0 atom stereocenters. The lowest BCUT2D eigenvalue weighted by Crippen LogP contribution is -1.97. The third kappa shape index (κ3) is 2.23. The van der Waals surface area contributed by atoms with Crippen molar-refractivity contribution in [1.82, 2.24) is 0 Å². The molecular weight excluding hydrogens is 252 g/mol. The van der Waals surface area contributed by atoms with E-state index in [1.165, 1.54) is 0 Å². The zero-order valence-corrected chi connectivity index (χ0v) is 12.2. The predicted molar refractivity (Wildman–Crippen MR) is 78.7 cm³/mol. The molecule has 0 radical (unpaired) electrons. The van der Waals surface area contributed by atoms with Gasteiger partial charge in [-0.1, -0.05) is 0 Å². The molecule has 20 heavy (non-hydrogen) atoms. The molecule has 0 bridgehead atoms. The Kier molecular flexibility index (Phi) is 3.71. The second-order valence-electron chi connectivity index (χ2n) is 4.75. The first kappa shape index (κ1) is 14.0. The van der Waals surface area contributed by atoms with Gasteiger partial charge in [0, 0.05) is 5.56 Å². The van der Waals surface area contributed by atoms with Crippen molar-refractivity contribution in [3.05, 3.63) is 34.6 Å². The van der Waals surface area contributed by atoms with Crippen LogP contribution in [0.15, 0.2) is 16.5 Å². The maximum atomic E-state index is 9.26. The van der Waals surface area contributed by atoms with Crippen LogP contribution in [0.1, 0.15) is 29.4 Å². The summed E-state index contributed by atoms with van der Waals surface area (Å²) in [6.45, 7) is 8.37. The van der Waals surface area contributed by atoms with Crippen molar-refractivity contribution in [1.29, 1.82) is 5.26 Å². The summed E-state index contributed by atoms with van der Waals surface area (Å²) in [5.41, 5.74) is 9.92. The summed E-state index contributed by atoms with van der Waals surface area (Å²) in [4.78, 5) is 0. The number of rotatable bonds is 3. The van der Waals surface area contributed by atoms with Gasteiger partial charge >= 0.3 is 0 Å². The molecule has 2 N–H and O–H groups in total. The summed E-state index contributed by atoms with van der Waals surface area (Å²) < 4.78 is 11.0. The SMILES string of the molecule is CCOc1cc(C)c(-c2c(C)oc(N)c2C#N)cc1C. The van der Waals surface area contributed by atoms with Crippen molar-refractivity contribution in [2.45, 2.75) is 27.7 Å². The molecule has 2 aromatic rings. The fourth-order valence-electron chi connectivity index (χ4n) is 2.37. The first-order valence-corrected chi connectivity index (χ1v) is 6.53. The number of nitriles is 1. The molecule has 0 spiro atoms. The van der Waals surface area contributed by atoms with Crippen LogP contribution in [0.3, 0.4) is 0 Å². The summed E-state index contributed by atoms with van der Waals surface area (Å²) in [7, 11) is 0. The molecule has 0 amide bonds. The number of hydrogen-bond acceptors (Lipinski definition) is 4. The van der Waals surface area contributed by atoms with Crippen molar-refractivity contribution in [2.75, 3.05) is 12.3 Å². The van der Waals surface area contributed by atoms with Crippen molar-refractivity contribution in [2.24, 2.45) is 0 Å². The molecule has 104 valence electrons. The van der Waals surface area contributed by atoms with E-state index in [4.69, 9.17) is 14.9 Å². The summed E-state index contributed by atoms with van der Waals surface area (Å²) in [5, 5.41) is 9.26. The summed E-state index contributed by atoms with van der Waals surface area (Å²) in [6, 6.07) is 6.12. The van der Waals surface area contributed by atoms with Gasteiger partial charge in [0.1, 0.15) is 23.1 Å². The van der Waals surface area contributed by atoms with E-state index < -0.39 is 0 Å².